The minimum atomic E-state index is 0.552. The van der Waals surface area contributed by atoms with Gasteiger partial charge in [0.05, 0.1) is 0 Å². The summed E-state index contributed by atoms with van der Waals surface area (Å²) in [5, 5.41) is 0. The number of rotatable bonds is 3. The average Bonchev–Trinajstić information content (AvgIpc) is 2.62. The van der Waals surface area contributed by atoms with Crippen LogP contribution in [0.3, 0.4) is 0 Å². The Labute approximate surface area is 97.4 Å². The van der Waals surface area contributed by atoms with Crippen LogP contribution in [0, 0.1) is 5.92 Å². The second-order valence-corrected chi connectivity index (χ2v) is 5.19. The van der Waals surface area contributed by atoms with Crippen LogP contribution in [0.5, 0.6) is 0 Å². The van der Waals surface area contributed by atoms with Crippen molar-refractivity contribution in [1.29, 1.82) is 0 Å². The first kappa shape index (κ1) is 10.2. The zero-order valence-electron chi connectivity index (χ0n) is 9.73. The van der Waals surface area contributed by atoms with E-state index in [-0.39, 0.29) is 0 Å². The molecule has 1 heterocycles. The van der Waals surface area contributed by atoms with E-state index < -0.39 is 0 Å². The van der Waals surface area contributed by atoms with Crippen LogP contribution >= 0.6 is 0 Å². The smallest absolute Gasteiger partial charge is 0.0403 e. The molecule has 0 spiro atoms. The number of anilines is 1. The summed E-state index contributed by atoms with van der Waals surface area (Å²) in [6.07, 6.45) is 4.28. The lowest BCUT2D eigenvalue weighted by Crippen LogP contribution is -2.32. The van der Waals surface area contributed by atoms with Crippen molar-refractivity contribution in [1.82, 2.24) is 0 Å². The minimum Gasteiger partial charge on any atom is -0.370 e. The van der Waals surface area contributed by atoms with Crippen molar-refractivity contribution in [2.75, 3.05) is 24.5 Å². The summed E-state index contributed by atoms with van der Waals surface area (Å²) < 4.78 is 0. The molecular formula is C14H20N2. The first-order valence-corrected chi connectivity index (χ1v) is 6.42. The van der Waals surface area contributed by atoms with Crippen LogP contribution in [-0.4, -0.2) is 19.6 Å². The van der Waals surface area contributed by atoms with Crippen LogP contribution in [0.2, 0.25) is 0 Å². The summed E-state index contributed by atoms with van der Waals surface area (Å²) in [5.74, 6) is 1.49. The van der Waals surface area contributed by atoms with Crippen LogP contribution < -0.4 is 10.6 Å². The van der Waals surface area contributed by atoms with E-state index in [1.54, 1.807) is 0 Å². The molecule has 1 unspecified atom stereocenters. The van der Waals surface area contributed by atoms with Gasteiger partial charge in [-0.3, -0.25) is 0 Å². The Morgan fingerprint density at radius 2 is 2.06 bits per heavy atom. The van der Waals surface area contributed by atoms with Crippen LogP contribution in [0.1, 0.15) is 30.7 Å². The fraction of sp³-hybridized carbons (Fsp3) is 0.571. The van der Waals surface area contributed by atoms with Gasteiger partial charge in [-0.15, -0.1) is 0 Å². The fourth-order valence-corrected chi connectivity index (χ4v) is 2.94. The highest BCUT2D eigenvalue weighted by Gasteiger charge is 2.30. The van der Waals surface area contributed by atoms with Gasteiger partial charge in [-0.1, -0.05) is 24.6 Å². The maximum Gasteiger partial charge on any atom is 0.0403 e. The van der Waals surface area contributed by atoms with Crippen molar-refractivity contribution in [3.05, 3.63) is 29.8 Å². The number of hydrogen-bond acceptors (Lipinski definition) is 2. The highest BCUT2D eigenvalue weighted by atomic mass is 15.2. The third-order valence-corrected chi connectivity index (χ3v) is 4.15. The number of nitrogens with two attached hydrogens (primary N) is 1. The number of hydrogen-bond donors (Lipinski definition) is 1. The summed E-state index contributed by atoms with van der Waals surface area (Å²) in [6, 6.07) is 8.77. The molecule has 1 aromatic carbocycles. The lowest BCUT2D eigenvalue weighted by molar-refractivity contribution is 0.318. The Bertz CT molecular complexity index is 369. The van der Waals surface area contributed by atoms with Gasteiger partial charge in [0, 0.05) is 31.2 Å². The SMILES string of the molecule is NCC1CN(CC2CCC2)c2ccccc21. The minimum absolute atomic E-state index is 0.552. The van der Waals surface area contributed by atoms with E-state index in [1.807, 2.05) is 0 Å². The van der Waals surface area contributed by atoms with Gasteiger partial charge >= 0.3 is 0 Å². The molecule has 3 rings (SSSR count). The normalized spacial score (nSPS) is 24.3. The molecule has 1 fully saturated rings. The molecule has 0 radical (unpaired) electrons. The van der Waals surface area contributed by atoms with Gasteiger partial charge in [0.1, 0.15) is 0 Å². The van der Waals surface area contributed by atoms with Crippen molar-refractivity contribution in [2.24, 2.45) is 11.7 Å². The predicted octanol–water partition coefficient (Wildman–Crippen LogP) is 2.35. The van der Waals surface area contributed by atoms with Crippen molar-refractivity contribution >= 4 is 5.69 Å². The molecule has 86 valence electrons. The zero-order chi connectivity index (χ0) is 11.0. The molecule has 1 aliphatic carbocycles. The number of para-hydroxylation sites is 1. The Morgan fingerprint density at radius 1 is 1.25 bits per heavy atom. The summed E-state index contributed by atoms with van der Waals surface area (Å²) in [5.41, 5.74) is 8.76. The molecule has 0 saturated heterocycles. The van der Waals surface area contributed by atoms with Crippen molar-refractivity contribution < 1.29 is 0 Å². The number of nitrogens with zero attached hydrogens (tertiary/aromatic N) is 1. The standard InChI is InChI=1S/C14H20N2/c15-8-12-10-16(9-11-4-3-5-11)14-7-2-1-6-13(12)14/h1-2,6-7,11-12H,3-5,8-10,15H2. The molecule has 2 N–H and O–H groups in total. The topological polar surface area (TPSA) is 29.3 Å². The van der Waals surface area contributed by atoms with Gasteiger partial charge < -0.3 is 10.6 Å². The van der Waals surface area contributed by atoms with E-state index in [1.165, 1.54) is 37.1 Å². The molecule has 0 bridgehead atoms. The summed E-state index contributed by atoms with van der Waals surface area (Å²) >= 11 is 0. The third-order valence-electron chi connectivity index (χ3n) is 4.15. The van der Waals surface area contributed by atoms with E-state index in [4.69, 9.17) is 5.73 Å². The van der Waals surface area contributed by atoms with E-state index in [9.17, 15) is 0 Å². The molecule has 1 atom stereocenters. The van der Waals surface area contributed by atoms with Crippen LogP contribution in [-0.2, 0) is 0 Å². The molecule has 1 aromatic rings. The molecule has 0 amide bonds. The molecule has 2 nitrogen and oxygen atoms in total. The average molecular weight is 216 g/mol. The summed E-state index contributed by atoms with van der Waals surface area (Å²) in [6.45, 7) is 3.15. The number of benzene rings is 1. The Hall–Kier alpha value is -1.02. The van der Waals surface area contributed by atoms with Crippen LogP contribution in [0.15, 0.2) is 24.3 Å². The number of fused-ring (bicyclic) bond motifs is 1. The van der Waals surface area contributed by atoms with E-state index in [0.29, 0.717) is 5.92 Å². The molecule has 2 heteroatoms. The zero-order valence-corrected chi connectivity index (χ0v) is 9.73. The maximum absolute atomic E-state index is 5.86. The van der Waals surface area contributed by atoms with Gasteiger partial charge in [-0.05, 0) is 30.4 Å². The van der Waals surface area contributed by atoms with E-state index in [2.05, 4.69) is 29.2 Å². The second-order valence-electron chi connectivity index (χ2n) is 5.19. The first-order chi connectivity index (χ1) is 7.88. The highest BCUT2D eigenvalue weighted by Crippen LogP contribution is 2.38. The first-order valence-electron chi connectivity index (χ1n) is 6.42. The monoisotopic (exact) mass is 216 g/mol. The molecule has 0 aromatic heterocycles. The molecule has 2 aliphatic rings. The summed E-state index contributed by atoms with van der Waals surface area (Å²) in [4.78, 5) is 2.55. The Kier molecular flexibility index (Phi) is 2.60. The molecular weight excluding hydrogens is 196 g/mol. The summed E-state index contributed by atoms with van der Waals surface area (Å²) in [7, 11) is 0. The van der Waals surface area contributed by atoms with E-state index >= 15 is 0 Å². The third kappa shape index (κ3) is 1.61. The van der Waals surface area contributed by atoms with Gasteiger partial charge in [0.2, 0.25) is 0 Å². The van der Waals surface area contributed by atoms with Crippen molar-refractivity contribution in [3.63, 3.8) is 0 Å². The predicted molar refractivity (Wildman–Crippen MR) is 67.8 cm³/mol. The van der Waals surface area contributed by atoms with E-state index in [0.717, 1.165) is 19.0 Å². The van der Waals surface area contributed by atoms with Gasteiger partial charge in [0.25, 0.3) is 0 Å². The Balaban J connectivity index is 1.81. The van der Waals surface area contributed by atoms with Gasteiger partial charge in [-0.2, -0.15) is 0 Å². The molecule has 1 aliphatic heterocycles. The van der Waals surface area contributed by atoms with Crippen molar-refractivity contribution in [3.8, 4) is 0 Å². The van der Waals surface area contributed by atoms with Crippen LogP contribution in [0.25, 0.3) is 0 Å². The highest BCUT2D eigenvalue weighted by molar-refractivity contribution is 5.60. The molecule has 1 saturated carbocycles. The van der Waals surface area contributed by atoms with Crippen LogP contribution in [0.4, 0.5) is 5.69 Å². The fourth-order valence-electron chi connectivity index (χ4n) is 2.94. The molecule has 16 heavy (non-hydrogen) atoms. The Morgan fingerprint density at radius 3 is 2.75 bits per heavy atom. The largest absolute Gasteiger partial charge is 0.370 e. The van der Waals surface area contributed by atoms with Crippen molar-refractivity contribution in [2.45, 2.75) is 25.2 Å². The van der Waals surface area contributed by atoms with Gasteiger partial charge in [-0.25, -0.2) is 0 Å². The maximum atomic E-state index is 5.86. The second kappa shape index (κ2) is 4.10. The lowest BCUT2D eigenvalue weighted by Gasteiger charge is -2.31. The lowest BCUT2D eigenvalue weighted by atomic mass is 9.85. The quantitative estimate of drug-likeness (QED) is 0.840. The van der Waals surface area contributed by atoms with Gasteiger partial charge in [0.15, 0.2) is 0 Å².